The highest BCUT2D eigenvalue weighted by Crippen LogP contribution is 2.26. The molecular formula is C59H92O12. The van der Waals surface area contributed by atoms with Gasteiger partial charge in [-0.15, -0.1) is 0 Å². The molecule has 1 fully saturated rings. The van der Waals surface area contributed by atoms with Crippen LogP contribution in [0.3, 0.4) is 0 Å². The minimum atomic E-state index is -1.92. The summed E-state index contributed by atoms with van der Waals surface area (Å²) in [5, 5.41) is 31.3. The van der Waals surface area contributed by atoms with Gasteiger partial charge in [-0.25, -0.2) is 4.79 Å². The Labute approximate surface area is 427 Å². The van der Waals surface area contributed by atoms with Crippen molar-refractivity contribution in [3.8, 4) is 0 Å². The first-order valence-corrected chi connectivity index (χ1v) is 26.9. The van der Waals surface area contributed by atoms with Gasteiger partial charge < -0.3 is 39.0 Å². The third-order valence-electron chi connectivity index (χ3n) is 11.3. The molecule has 1 aliphatic rings. The number of esters is 3. The van der Waals surface area contributed by atoms with Crippen LogP contribution in [0.25, 0.3) is 0 Å². The third-order valence-corrected chi connectivity index (χ3v) is 11.3. The second-order valence-corrected chi connectivity index (χ2v) is 17.7. The molecule has 71 heavy (non-hydrogen) atoms. The first kappa shape index (κ1) is 64.4. The van der Waals surface area contributed by atoms with Gasteiger partial charge in [-0.3, -0.25) is 14.4 Å². The number of carboxylic acid groups (broad SMARTS) is 1. The van der Waals surface area contributed by atoms with Crippen LogP contribution in [0.15, 0.2) is 109 Å². The van der Waals surface area contributed by atoms with E-state index < -0.39 is 67.3 Å². The Hall–Kier alpha value is -4.62. The van der Waals surface area contributed by atoms with Crippen molar-refractivity contribution in [3.63, 3.8) is 0 Å². The summed E-state index contributed by atoms with van der Waals surface area (Å²) >= 11 is 0. The number of ether oxygens (including phenoxy) is 5. The number of hydrogen-bond acceptors (Lipinski definition) is 11. The van der Waals surface area contributed by atoms with E-state index in [9.17, 15) is 34.5 Å². The second kappa shape index (κ2) is 46.5. The van der Waals surface area contributed by atoms with E-state index in [1.54, 1.807) is 0 Å². The van der Waals surface area contributed by atoms with Crippen LogP contribution in [0.4, 0.5) is 0 Å². The normalized spacial score (nSPS) is 19.4. The Morgan fingerprint density at radius 3 is 1.39 bits per heavy atom. The topological polar surface area (TPSA) is 175 Å². The molecule has 0 radical (unpaired) electrons. The van der Waals surface area contributed by atoms with Crippen molar-refractivity contribution in [1.29, 1.82) is 0 Å². The van der Waals surface area contributed by atoms with Crippen LogP contribution >= 0.6 is 0 Å². The lowest BCUT2D eigenvalue weighted by atomic mass is 9.98. The summed E-state index contributed by atoms with van der Waals surface area (Å²) < 4.78 is 28.2. The molecule has 12 heteroatoms. The summed E-state index contributed by atoms with van der Waals surface area (Å²) in [4.78, 5) is 50.9. The molecule has 6 atom stereocenters. The Morgan fingerprint density at radius 1 is 0.479 bits per heavy atom. The molecule has 0 amide bonds. The number of aliphatic hydroxyl groups excluding tert-OH is 2. The maximum Gasteiger partial charge on any atom is 0.335 e. The highest BCUT2D eigenvalue weighted by molar-refractivity contribution is 5.74. The molecule has 0 spiro atoms. The van der Waals surface area contributed by atoms with E-state index in [2.05, 4.69) is 130 Å². The monoisotopic (exact) mass is 993 g/mol. The summed E-state index contributed by atoms with van der Waals surface area (Å²) in [5.41, 5.74) is 0. The summed E-state index contributed by atoms with van der Waals surface area (Å²) in [6, 6.07) is 0. The maximum absolute atomic E-state index is 13.1. The lowest BCUT2D eigenvalue weighted by Gasteiger charge is -2.40. The number of rotatable bonds is 43. The fraction of sp³-hybridized carbons (Fsp3) is 0.627. The molecule has 1 rings (SSSR count). The molecule has 0 aromatic rings. The van der Waals surface area contributed by atoms with Crippen LogP contribution in [0.5, 0.6) is 0 Å². The fourth-order valence-corrected chi connectivity index (χ4v) is 7.21. The van der Waals surface area contributed by atoms with Crippen molar-refractivity contribution >= 4 is 23.9 Å². The van der Waals surface area contributed by atoms with Crippen LogP contribution < -0.4 is 0 Å². The molecule has 0 aromatic carbocycles. The van der Waals surface area contributed by atoms with Crippen LogP contribution in [0.1, 0.15) is 188 Å². The smallest absolute Gasteiger partial charge is 0.335 e. The van der Waals surface area contributed by atoms with Crippen molar-refractivity contribution in [1.82, 2.24) is 0 Å². The highest BCUT2D eigenvalue weighted by Gasteiger charge is 2.50. The largest absolute Gasteiger partial charge is 0.479 e. The van der Waals surface area contributed by atoms with Crippen LogP contribution in [0, 0.1) is 0 Å². The Balaban J connectivity index is 2.80. The molecule has 6 unspecified atom stereocenters. The van der Waals surface area contributed by atoms with Gasteiger partial charge in [0.15, 0.2) is 24.6 Å². The lowest BCUT2D eigenvalue weighted by molar-refractivity contribution is -0.301. The summed E-state index contributed by atoms with van der Waals surface area (Å²) in [6.07, 6.45) is 49.4. The van der Waals surface area contributed by atoms with E-state index in [0.29, 0.717) is 19.3 Å². The number of hydrogen-bond donors (Lipinski definition) is 3. The molecule has 12 nitrogen and oxygen atoms in total. The quantitative estimate of drug-likeness (QED) is 0.0229. The molecule has 3 N–H and O–H groups in total. The highest BCUT2D eigenvalue weighted by atomic mass is 16.7. The van der Waals surface area contributed by atoms with E-state index in [4.69, 9.17) is 23.7 Å². The van der Waals surface area contributed by atoms with Crippen molar-refractivity contribution in [3.05, 3.63) is 109 Å². The van der Waals surface area contributed by atoms with E-state index in [0.717, 1.165) is 116 Å². The number of aliphatic hydroxyl groups is 2. The summed E-state index contributed by atoms with van der Waals surface area (Å²) in [6.45, 7) is 5.61. The lowest BCUT2D eigenvalue weighted by Crippen LogP contribution is -2.61. The Bertz CT molecular complexity index is 1650. The molecule has 0 aliphatic carbocycles. The molecule has 0 bridgehead atoms. The predicted molar refractivity (Wildman–Crippen MR) is 284 cm³/mol. The SMILES string of the molecule is CC/C=C\C/C=C\C/C=C\C/C=C\CCCCC(=O)OCC(COC1OC(C(=O)O)C(O)C(O)C1OC(=O)CCCCCCC/C=C\CCCC)OC(=O)CCCC/C=C\C/C=C\C/C=C\C/C=C\CC. The maximum atomic E-state index is 13.1. The molecule has 0 saturated carbocycles. The van der Waals surface area contributed by atoms with Crippen molar-refractivity contribution in [2.45, 2.75) is 225 Å². The average Bonchev–Trinajstić information content (AvgIpc) is 3.35. The van der Waals surface area contributed by atoms with Crippen molar-refractivity contribution < 1.29 is 58.2 Å². The predicted octanol–water partition coefficient (Wildman–Crippen LogP) is 13.1. The van der Waals surface area contributed by atoms with Gasteiger partial charge in [0.25, 0.3) is 0 Å². The first-order valence-electron chi connectivity index (χ1n) is 26.9. The van der Waals surface area contributed by atoms with Crippen LogP contribution in [0.2, 0.25) is 0 Å². The van der Waals surface area contributed by atoms with Crippen LogP contribution in [-0.2, 0) is 42.9 Å². The van der Waals surface area contributed by atoms with Crippen molar-refractivity contribution in [2.75, 3.05) is 13.2 Å². The van der Waals surface area contributed by atoms with Gasteiger partial charge in [0.2, 0.25) is 0 Å². The molecule has 0 aromatic heterocycles. The number of carboxylic acids is 1. The minimum Gasteiger partial charge on any atom is -0.479 e. The Morgan fingerprint density at radius 2 is 0.887 bits per heavy atom. The van der Waals surface area contributed by atoms with Gasteiger partial charge >= 0.3 is 23.9 Å². The third kappa shape index (κ3) is 36.9. The van der Waals surface area contributed by atoms with E-state index in [1.807, 2.05) is 0 Å². The van der Waals surface area contributed by atoms with Gasteiger partial charge in [-0.1, -0.05) is 162 Å². The minimum absolute atomic E-state index is 0.0349. The zero-order chi connectivity index (χ0) is 51.8. The first-order chi connectivity index (χ1) is 34.6. The number of carbonyl (C=O) groups is 4. The summed E-state index contributed by atoms with van der Waals surface area (Å²) in [7, 11) is 0. The summed E-state index contributed by atoms with van der Waals surface area (Å²) in [5.74, 6) is -3.27. The van der Waals surface area contributed by atoms with Gasteiger partial charge in [-0.2, -0.15) is 0 Å². The van der Waals surface area contributed by atoms with E-state index in [-0.39, 0.29) is 25.9 Å². The van der Waals surface area contributed by atoms with Crippen molar-refractivity contribution in [2.24, 2.45) is 0 Å². The number of allylic oxidation sites excluding steroid dienone is 18. The molecular weight excluding hydrogens is 901 g/mol. The van der Waals surface area contributed by atoms with E-state index in [1.165, 1.54) is 12.8 Å². The standard InChI is InChI=1S/C59H92O12/c1-4-7-10-13-16-19-22-24-26-28-31-33-36-39-42-45-51(60)67-48-50(69-52(61)46-43-40-37-35-32-29-27-25-23-20-17-14-11-8-5-2)49-68-59-57(55(64)54(63)56(71-59)58(65)66)70-53(62)47-44-41-38-34-30-21-18-15-12-9-6-3/h7-8,10-11,15-20,24-27,31-33,35,50,54-57,59,63-64H,4-6,9,12-14,21-23,28-30,34,36-49H2,1-3H3,(H,65,66)/b10-7-,11-8-,18-15-,19-16-,20-17-,26-24-,27-25-,33-31-,35-32-. The molecule has 1 saturated heterocycles. The van der Waals surface area contributed by atoms with Gasteiger partial charge in [0.1, 0.15) is 18.8 Å². The fourth-order valence-electron chi connectivity index (χ4n) is 7.21. The Kier molecular flexibility index (Phi) is 42.1. The van der Waals surface area contributed by atoms with Gasteiger partial charge in [-0.05, 0) is 116 Å². The molecule has 400 valence electrons. The molecule has 1 heterocycles. The zero-order valence-electron chi connectivity index (χ0n) is 43.7. The van der Waals surface area contributed by atoms with E-state index >= 15 is 0 Å². The average molecular weight is 993 g/mol. The second-order valence-electron chi connectivity index (χ2n) is 17.7. The number of unbranched alkanes of at least 4 members (excludes halogenated alkanes) is 11. The zero-order valence-corrected chi connectivity index (χ0v) is 43.7. The van der Waals surface area contributed by atoms with Gasteiger partial charge in [0.05, 0.1) is 6.61 Å². The number of aliphatic carboxylic acids is 1. The van der Waals surface area contributed by atoms with Gasteiger partial charge in [0, 0.05) is 19.3 Å². The molecule has 1 aliphatic heterocycles. The van der Waals surface area contributed by atoms with Crippen LogP contribution in [-0.4, -0.2) is 89.2 Å². The number of carbonyl (C=O) groups excluding carboxylic acids is 3.